The molecule has 1 N–H and O–H groups in total. The molecule has 1 aromatic heterocycles. The maximum absolute atomic E-state index is 12.0. The maximum atomic E-state index is 12.0. The van der Waals surface area contributed by atoms with Gasteiger partial charge in [0.15, 0.2) is 0 Å². The lowest BCUT2D eigenvalue weighted by Crippen LogP contribution is -2.38. The molecule has 2 aromatic rings. The molecule has 0 spiro atoms. The molecule has 0 saturated carbocycles. The molecule has 0 aliphatic heterocycles. The second-order valence-electron chi connectivity index (χ2n) is 5.17. The van der Waals surface area contributed by atoms with E-state index in [9.17, 15) is 9.59 Å². The van der Waals surface area contributed by atoms with E-state index in [0.717, 1.165) is 0 Å². The van der Waals surface area contributed by atoms with Crippen molar-refractivity contribution in [3.8, 4) is 5.75 Å². The Morgan fingerprint density at radius 1 is 1.33 bits per heavy atom. The van der Waals surface area contributed by atoms with Crippen molar-refractivity contribution in [2.75, 3.05) is 26.7 Å². The lowest BCUT2D eigenvalue weighted by molar-refractivity contribution is -0.128. The van der Waals surface area contributed by atoms with Gasteiger partial charge in [0, 0.05) is 18.6 Å². The van der Waals surface area contributed by atoms with Crippen molar-refractivity contribution in [1.82, 2.24) is 10.2 Å². The molecule has 0 aliphatic rings. The quantitative estimate of drug-likeness (QED) is 0.743. The van der Waals surface area contributed by atoms with E-state index in [-0.39, 0.29) is 18.4 Å². The number of nitrogens with one attached hydrogen (secondary N) is 1. The number of halogens is 1. The van der Waals surface area contributed by atoms with Crippen LogP contribution in [0.15, 0.2) is 47.3 Å². The summed E-state index contributed by atoms with van der Waals surface area (Å²) in [5.41, 5.74) is 0.389. The highest BCUT2D eigenvalue weighted by atomic mass is 35.5. The van der Waals surface area contributed by atoms with E-state index in [1.54, 1.807) is 24.1 Å². The molecule has 1 heterocycles. The molecule has 0 bridgehead atoms. The van der Waals surface area contributed by atoms with Gasteiger partial charge in [-0.2, -0.15) is 0 Å². The van der Waals surface area contributed by atoms with Crippen LogP contribution in [0.3, 0.4) is 0 Å². The molecule has 0 aliphatic carbocycles. The number of hydrogen-bond acceptors (Lipinski definition) is 4. The Morgan fingerprint density at radius 2 is 2.17 bits per heavy atom. The number of amides is 2. The Balaban J connectivity index is 1.63. The number of ether oxygens (including phenoxy) is 1. The standard InChI is InChI=1S/C17H19ClN2O4/c1-20(7-3-8-24-15-5-2-4-14(18)10-15)16(21)11-19-17(22)13-6-9-23-12-13/h2,4-6,9-10,12H,3,7-8,11H2,1H3,(H,19,22). The molecule has 0 atom stereocenters. The summed E-state index contributed by atoms with van der Waals surface area (Å²) in [5, 5.41) is 3.17. The number of rotatable bonds is 8. The smallest absolute Gasteiger partial charge is 0.254 e. The van der Waals surface area contributed by atoms with Crippen molar-refractivity contribution in [3.05, 3.63) is 53.4 Å². The van der Waals surface area contributed by atoms with E-state index in [0.29, 0.717) is 35.9 Å². The summed E-state index contributed by atoms with van der Waals surface area (Å²) in [6.45, 7) is 0.940. The molecule has 2 amide bonds. The van der Waals surface area contributed by atoms with Gasteiger partial charge in [-0.3, -0.25) is 9.59 Å². The summed E-state index contributed by atoms with van der Waals surface area (Å²) in [4.78, 5) is 25.2. The normalized spacial score (nSPS) is 10.2. The number of furan rings is 1. The van der Waals surface area contributed by atoms with Crippen LogP contribution < -0.4 is 10.1 Å². The monoisotopic (exact) mass is 350 g/mol. The van der Waals surface area contributed by atoms with Crippen LogP contribution in [0.2, 0.25) is 5.02 Å². The minimum absolute atomic E-state index is 0.0599. The third-order valence-corrected chi connectivity index (χ3v) is 3.55. The second-order valence-corrected chi connectivity index (χ2v) is 5.61. The van der Waals surface area contributed by atoms with Crippen molar-refractivity contribution >= 4 is 23.4 Å². The van der Waals surface area contributed by atoms with Crippen LogP contribution in [0.25, 0.3) is 0 Å². The van der Waals surface area contributed by atoms with E-state index < -0.39 is 0 Å². The van der Waals surface area contributed by atoms with Gasteiger partial charge in [0.2, 0.25) is 5.91 Å². The fraction of sp³-hybridized carbons (Fsp3) is 0.294. The van der Waals surface area contributed by atoms with Gasteiger partial charge in [-0.05, 0) is 30.7 Å². The largest absolute Gasteiger partial charge is 0.493 e. The van der Waals surface area contributed by atoms with E-state index in [2.05, 4.69) is 5.32 Å². The molecular weight excluding hydrogens is 332 g/mol. The Labute approximate surface area is 145 Å². The first kappa shape index (κ1) is 17.9. The fourth-order valence-corrected chi connectivity index (χ4v) is 2.14. The number of carbonyl (C=O) groups is 2. The van der Waals surface area contributed by atoms with Crippen LogP contribution in [-0.4, -0.2) is 43.5 Å². The Hall–Kier alpha value is -2.47. The van der Waals surface area contributed by atoms with Gasteiger partial charge in [0.05, 0.1) is 25.0 Å². The van der Waals surface area contributed by atoms with Gasteiger partial charge in [-0.15, -0.1) is 0 Å². The van der Waals surface area contributed by atoms with Crippen molar-refractivity contribution < 1.29 is 18.7 Å². The first-order valence-corrected chi connectivity index (χ1v) is 7.87. The average molecular weight is 351 g/mol. The molecule has 0 saturated heterocycles. The van der Waals surface area contributed by atoms with Gasteiger partial charge in [0.1, 0.15) is 12.0 Å². The van der Waals surface area contributed by atoms with E-state index in [4.69, 9.17) is 20.8 Å². The zero-order chi connectivity index (χ0) is 17.4. The van der Waals surface area contributed by atoms with Crippen LogP contribution in [0, 0.1) is 0 Å². The van der Waals surface area contributed by atoms with Crippen LogP contribution in [0.5, 0.6) is 5.75 Å². The predicted molar refractivity (Wildman–Crippen MR) is 90.2 cm³/mol. The highest BCUT2D eigenvalue weighted by Crippen LogP contribution is 2.17. The average Bonchev–Trinajstić information content (AvgIpc) is 3.10. The molecule has 0 unspecified atom stereocenters. The van der Waals surface area contributed by atoms with Crippen molar-refractivity contribution in [2.24, 2.45) is 0 Å². The summed E-state index contributed by atoms with van der Waals surface area (Å²) in [5.74, 6) is 0.188. The van der Waals surface area contributed by atoms with Crippen molar-refractivity contribution in [1.29, 1.82) is 0 Å². The third kappa shape index (κ3) is 5.62. The Bertz CT molecular complexity index is 673. The zero-order valence-corrected chi connectivity index (χ0v) is 14.1. The van der Waals surface area contributed by atoms with E-state index in [1.165, 1.54) is 18.6 Å². The van der Waals surface area contributed by atoms with Crippen molar-refractivity contribution in [3.63, 3.8) is 0 Å². The maximum Gasteiger partial charge on any atom is 0.254 e. The summed E-state index contributed by atoms with van der Waals surface area (Å²) in [6.07, 6.45) is 3.41. The Morgan fingerprint density at radius 3 is 2.88 bits per heavy atom. The number of carbonyl (C=O) groups excluding carboxylic acids is 2. The van der Waals surface area contributed by atoms with Crippen LogP contribution in [0.1, 0.15) is 16.8 Å². The zero-order valence-electron chi connectivity index (χ0n) is 13.3. The first-order chi connectivity index (χ1) is 11.6. The molecule has 0 radical (unpaired) electrons. The summed E-state index contributed by atoms with van der Waals surface area (Å²) in [7, 11) is 1.69. The number of nitrogens with zero attached hydrogens (tertiary/aromatic N) is 1. The lowest BCUT2D eigenvalue weighted by Gasteiger charge is -2.17. The lowest BCUT2D eigenvalue weighted by atomic mass is 10.3. The highest BCUT2D eigenvalue weighted by molar-refractivity contribution is 6.30. The molecule has 2 rings (SSSR count). The van der Waals surface area contributed by atoms with Crippen LogP contribution >= 0.6 is 11.6 Å². The summed E-state index contributed by atoms with van der Waals surface area (Å²) < 4.78 is 10.4. The summed E-state index contributed by atoms with van der Waals surface area (Å²) in [6, 6.07) is 8.69. The van der Waals surface area contributed by atoms with E-state index in [1.807, 2.05) is 12.1 Å². The minimum atomic E-state index is -0.338. The number of likely N-dealkylation sites (N-methyl/N-ethyl adjacent to an activating group) is 1. The second kappa shape index (κ2) is 8.98. The third-order valence-electron chi connectivity index (χ3n) is 3.31. The van der Waals surface area contributed by atoms with Crippen molar-refractivity contribution in [2.45, 2.75) is 6.42 Å². The molecule has 24 heavy (non-hydrogen) atoms. The van der Waals surface area contributed by atoms with Gasteiger partial charge < -0.3 is 19.4 Å². The molecular formula is C17H19ClN2O4. The minimum Gasteiger partial charge on any atom is -0.493 e. The molecule has 7 heteroatoms. The van der Waals surface area contributed by atoms with Gasteiger partial charge in [-0.1, -0.05) is 17.7 Å². The highest BCUT2D eigenvalue weighted by Gasteiger charge is 2.12. The van der Waals surface area contributed by atoms with Gasteiger partial charge in [-0.25, -0.2) is 0 Å². The fourth-order valence-electron chi connectivity index (χ4n) is 1.96. The molecule has 6 nitrogen and oxygen atoms in total. The first-order valence-electron chi connectivity index (χ1n) is 7.49. The van der Waals surface area contributed by atoms with Crippen LogP contribution in [0.4, 0.5) is 0 Å². The van der Waals surface area contributed by atoms with Gasteiger partial charge >= 0.3 is 0 Å². The predicted octanol–water partition coefficient (Wildman–Crippen LogP) is 2.59. The number of hydrogen-bond donors (Lipinski definition) is 1. The molecule has 128 valence electrons. The molecule has 0 fully saturated rings. The topological polar surface area (TPSA) is 71.8 Å². The summed E-state index contributed by atoms with van der Waals surface area (Å²) >= 11 is 5.87. The van der Waals surface area contributed by atoms with Gasteiger partial charge in [0.25, 0.3) is 5.91 Å². The molecule has 1 aromatic carbocycles. The van der Waals surface area contributed by atoms with E-state index >= 15 is 0 Å². The Kier molecular flexibility index (Phi) is 6.69. The SMILES string of the molecule is CN(CCCOc1cccc(Cl)c1)C(=O)CNC(=O)c1ccoc1. The number of benzene rings is 1. The van der Waals surface area contributed by atoms with Crippen LogP contribution in [-0.2, 0) is 4.79 Å².